The molecule has 0 radical (unpaired) electrons. The predicted octanol–water partition coefficient (Wildman–Crippen LogP) is 2.64. The van der Waals surface area contributed by atoms with Gasteiger partial charge in [-0.05, 0) is 18.4 Å². The van der Waals surface area contributed by atoms with Gasteiger partial charge in [-0.2, -0.15) is 0 Å². The molecule has 1 aromatic heterocycles. The molecule has 4 heteroatoms. The van der Waals surface area contributed by atoms with Crippen molar-refractivity contribution < 1.29 is 0 Å². The van der Waals surface area contributed by atoms with E-state index in [1.165, 1.54) is 0 Å². The van der Waals surface area contributed by atoms with Gasteiger partial charge in [-0.25, -0.2) is 4.68 Å². The molecule has 0 spiro atoms. The molecule has 0 bridgehead atoms. The van der Waals surface area contributed by atoms with Gasteiger partial charge in [0.1, 0.15) is 10.8 Å². The second-order valence-corrected chi connectivity index (χ2v) is 3.90. The van der Waals surface area contributed by atoms with E-state index in [1.807, 2.05) is 48.1 Å². The van der Waals surface area contributed by atoms with E-state index in [9.17, 15) is 0 Å². The number of para-hydroxylation sites is 1. The van der Waals surface area contributed by atoms with E-state index in [4.69, 9.17) is 0 Å². The summed E-state index contributed by atoms with van der Waals surface area (Å²) >= 11 is 1.69. The smallest absolute Gasteiger partial charge is 0.149 e. The number of rotatable bonds is 3. The van der Waals surface area contributed by atoms with Crippen molar-refractivity contribution in [3.63, 3.8) is 0 Å². The molecule has 0 aliphatic heterocycles. The fourth-order valence-electron chi connectivity index (χ4n) is 1.39. The van der Waals surface area contributed by atoms with Gasteiger partial charge in [0.2, 0.25) is 0 Å². The third-order valence-electron chi connectivity index (χ3n) is 2.14. The molecule has 0 amide bonds. The summed E-state index contributed by atoms with van der Waals surface area (Å²) in [5.74, 6) is 0.892. The second-order valence-electron chi connectivity index (χ2n) is 3.07. The summed E-state index contributed by atoms with van der Waals surface area (Å²) < 4.78 is 1.94. The average Bonchev–Trinajstić information content (AvgIpc) is 2.73. The van der Waals surface area contributed by atoms with E-state index < -0.39 is 0 Å². The Balaban J connectivity index is 2.47. The highest BCUT2D eigenvalue weighted by atomic mass is 32.2. The van der Waals surface area contributed by atoms with Crippen LogP contribution in [-0.4, -0.2) is 23.1 Å². The van der Waals surface area contributed by atoms with Crippen LogP contribution in [0.15, 0.2) is 41.4 Å². The Morgan fingerprint density at radius 2 is 2.00 bits per heavy atom. The summed E-state index contributed by atoms with van der Waals surface area (Å²) in [4.78, 5) is 0. The van der Waals surface area contributed by atoms with Crippen molar-refractivity contribution in [2.75, 3.05) is 18.6 Å². The van der Waals surface area contributed by atoms with Crippen LogP contribution in [0.2, 0.25) is 0 Å². The van der Waals surface area contributed by atoms with E-state index in [0.29, 0.717) is 0 Å². The van der Waals surface area contributed by atoms with Gasteiger partial charge in [-0.3, -0.25) is 0 Å². The summed E-state index contributed by atoms with van der Waals surface area (Å²) in [6.45, 7) is 0. The van der Waals surface area contributed by atoms with Crippen molar-refractivity contribution in [1.29, 1.82) is 0 Å². The Hall–Kier alpha value is -1.42. The summed E-state index contributed by atoms with van der Waals surface area (Å²) in [6, 6.07) is 12.2. The first-order valence-electron chi connectivity index (χ1n) is 4.72. The lowest BCUT2D eigenvalue weighted by Crippen LogP contribution is -1.98. The van der Waals surface area contributed by atoms with E-state index in [2.05, 4.69) is 16.7 Å². The zero-order valence-electron chi connectivity index (χ0n) is 8.77. The maximum atomic E-state index is 4.45. The Bertz CT molecular complexity index is 436. The number of nitrogens with zero attached hydrogens (tertiary/aromatic N) is 2. The standard InChI is InChI=1S/C11H13N3S/c1-12-10-8-11(15-2)14(13-10)9-6-4-3-5-7-9/h3-8H,1-2H3,(H,12,13). The van der Waals surface area contributed by atoms with Gasteiger partial charge >= 0.3 is 0 Å². The van der Waals surface area contributed by atoms with Crippen LogP contribution >= 0.6 is 11.8 Å². The van der Waals surface area contributed by atoms with Crippen LogP contribution in [0.1, 0.15) is 0 Å². The van der Waals surface area contributed by atoms with Crippen molar-refractivity contribution in [3.8, 4) is 5.69 Å². The van der Waals surface area contributed by atoms with Crippen molar-refractivity contribution >= 4 is 17.6 Å². The van der Waals surface area contributed by atoms with Crippen LogP contribution in [0.4, 0.5) is 5.82 Å². The van der Waals surface area contributed by atoms with Crippen LogP contribution in [0.3, 0.4) is 0 Å². The maximum absolute atomic E-state index is 4.45. The third kappa shape index (κ3) is 1.99. The fourth-order valence-corrected chi connectivity index (χ4v) is 1.93. The molecule has 0 atom stereocenters. The lowest BCUT2D eigenvalue weighted by atomic mass is 10.3. The summed E-state index contributed by atoms with van der Waals surface area (Å²) in [5.41, 5.74) is 1.09. The van der Waals surface area contributed by atoms with Crippen molar-refractivity contribution in [2.24, 2.45) is 0 Å². The SMILES string of the molecule is CNc1cc(SC)n(-c2ccccc2)n1. The van der Waals surface area contributed by atoms with Crippen molar-refractivity contribution in [1.82, 2.24) is 9.78 Å². The Morgan fingerprint density at radius 1 is 1.27 bits per heavy atom. The second kappa shape index (κ2) is 4.40. The van der Waals surface area contributed by atoms with E-state index in [0.717, 1.165) is 16.5 Å². The number of thioether (sulfide) groups is 1. The van der Waals surface area contributed by atoms with Gasteiger partial charge in [-0.1, -0.05) is 18.2 Å². The molecule has 0 saturated heterocycles. The molecular weight excluding hydrogens is 206 g/mol. The van der Waals surface area contributed by atoms with E-state index in [1.54, 1.807) is 11.8 Å². The molecule has 1 aromatic carbocycles. The van der Waals surface area contributed by atoms with E-state index in [-0.39, 0.29) is 0 Å². The Morgan fingerprint density at radius 3 is 2.60 bits per heavy atom. The van der Waals surface area contributed by atoms with Crippen LogP contribution in [0.25, 0.3) is 5.69 Å². The van der Waals surface area contributed by atoms with Crippen LogP contribution in [0, 0.1) is 0 Å². The molecule has 0 aliphatic carbocycles. The van der Waals surface area contributed by atoms with Crippen LogP contribution in [0.5, 0.6) is 0 Å². The lowest BCUT2D eigenvalue weighted by molar-refractivity contribution is 0.806. The third-order valence-corrected chi connectivity index (χ3v) is 2.85. The van der Waals surface area contributed by atoms with Gasteiger partial charge in [-0.15, -0.1) is 16.9 Å². The minimum Gasteiger partial charge on any atom is -0.372 e. The fraction of sp³-hybridized carbons (Fsp3) is 0.182. The quantitative estimate of drug-likeness (QED) is 0.805. The van der Waals surface area contributed by atoms with Gasteiger partial charge in [0.25, 0.3) is 0 Å². The first-order chi connectivity index (χ1) is 7.35. The van der Waals surface area contributed by atoms with Gasteiger partial charge in [0.15, 0.2) is 0 Å². The molecule has 1 N–H and O–H groups in total. The number of hydrogen-bond acceptors (Lipinski definition) is 3. The molecular formula is C11H13N3S. The number of hydrogen-bond donors (Lipinski definition) is 1. The first kappa shape index (κ1) is 10.1. The largest absolute Gasteiger partial charge is 0.372 e. The Labute approximate surface area is 93.5 Å². The molecule has 3 nitrogen and oxygen atoms in total. The molecule has 78 valence electrons. The number of benzene rings is 1. The molecule has 0 unspecified atom stereocenters. The monoisotopic (exact) mass is 219 g/mol. The van der Waals surface area contributed by atoms with Gasteiger partial charge < -0.3 is 5.32 Å². The number of aromatic nitrogens is 2. The lowest BCUT2D eigenvalue weighted by Gasteiger charge is -2.03. The van der Waals surface area contributed by atoms with Crippen LogP contribution < -0.4 is 5.32 Å². The Kier molecular flexibility index (Phi) is 2.97. The van der Waals surface area contributed by atoms with E-state index >= 15 is 0 Å². The molecule has 0 fully saturated rings. The summed E-state index contributed by atoms with van der Waals surface area (Å²) in [6.07, 6.45) is 2.05. The topological polar surface area (TPSA) is 29.9 Å². The van der Waals surface area contributed by atoms with Crippen molar-refractivity contribution in [2.45, 2.75) is 5.03 Å². The summed E-state index contributed by atoms with van der Waals surface area (Å²) in [5, 5.41) is 8.63. The molecule has 0 saturated carbocycles. The first-order valence-corrected chi connectivity index (χ1v) is 5.95. The van der Waals surface area contributed by atoms with Gasteiger partial charge in [0.05, 0.1) is 5.69 Å². The highest BCUT2D eigenvalue weighted by Gasteiger charge is 2.06. The average molecular weight is 219 g/mol. The minimum absolute atomic E-state index is 0.892. The number of nitrogens with one attached hydrogen (secondary N) is 1. The number of anilines is 1. The van der Waals surface area contributed by atoms with Crippen molar-refractivity contribution in [3.05, 3.63) is 36.4 Å². The molecule has 1 heterocycles. The minimum atomic E-state index is 0.892. The molecule has 0 aliphatic rings. The zero-order chi connectivity index (χ0) is 10.7. The predicted molar refractivity (Wildman–Crippen MR) is 64.9 cm³/mol. The molecule has 2 rings (SSSR count). The molecule has 15 heavy (non-hydrogen) atoms. The zero-order valence-corrected chi connectivity index (χ0v) is 9.58. The summed E-state index contributed by atoms with van der Waals surface area (Å²) in [7, 11) is 1.88. The normalized spacial score (nSPS) is 10.3. The van der Waals surface area contributed by atoms with Crippen LogP contribution in [-0.2, 0) is 0 Å². The highest BCUT2D eigenvalue weighted by molar-refractivity contribution is 7.98. The maximum Gasteiger partial charge on any atom is 0.149 e. The molecule has 2 aromatic rings. The highest BCUT2D eigenvalue weighted by Crippen LogP contribution is 2.22. The van der Waals surface area contributed by atoms with Gasteiger partial charge in [0, 0.05) is 13.1 Å².